The van der Waals surface area contributed by atoms with Crippen LogP contribution < -0.4 is 0 Å². The van der Waals surface area contributed by atoms with Crippen molar-refractivity contribution in [1.82, 2.24) is 14.5 Å². The molecule has 0 aliphatic heterocycles. The number of aryl methyl sites for hydroxylation is 1. The van der Waals surface area contributed by atoms with E-state index in [9.17, 15) is 9.90 Å². The summed E-state index contributed by atoms with van der Waals surface area (Å²) in [6.07, 6.45) is 7.78. The normalized spacial score (nSPS) is 15.2. The molecule has 4 rings (SSSR count). The van der Waals surface area contributed by atoms with E-state index in [4.69, 9.17) is 11.6 Å². The van der Waals surface area contributed by atoms with Crippen LogP contribution in [-0.2, 0) is 13.0 Å². The Labute approximate surface area is 169 Å². The Morgan fingerprint density at radius 2 is 1.96 bits per heavy atom. The van der Waals surface area contributed by atoms with Crippen LogP contribution >= 0.6 is 11.6 Å². The topological polar surface area (TPSA) is 68.0 Å². The van der Waals surface area contributed by atoms with Crippen LogP contribution in [0.15, 0.2) is 30.3 Å². The molecule has 2 aromatic heterocycles. The smallest absolute Gasteiger partial charge is 0.354 e. The lowest BCUT2D eigenvalue weighted by atomic mass is 9.85. The number of aromatic carboxylic acids is 1. The molecule has 0 atom stereocenters. The van der Waals surface area contributed by atoms with Gasteiger partial charge in [-0.15, -0.1) is 0 Å². The minimum absolute atomic E-state index is 0.0163. The quantitative estimate of drug-likeness (QED) is 0.637. The van der Waals surface area contributed by atoms with Crippen molar-refractivity contribution >= 4 is 28.7 Å². The molecule has 2 heterocycles. The number of hydrogen-bond acceptors (Lipinski definition) is 3. The summed E-state index contributed by atoms with van der Waals surface area (Å²) in [7, 11) is 0. The van der Waals surface area contributed by atoms with E-state index in [-0.39, 0.29) is 5.69 Å². The van der Waals surface area contributed by atoms with Crippen LogP contribution in [-0.4, -0.2) is 25.6 Å². The molecule has 5 nitrogen and oxygen atoms in total. The van der Waals surface area contributed by atoms with Crippen LogP contribution in [0.1, 0.15) is 59.5 Å². The van der Waals surface area contributed by atoms with Crippen molar-refractivity contribution in [3.05, 3.63) is 58.0 Å². The fraction of sp³-hybridized carbons (Fsp3) is 0.409. The van der Waals surface area contributed by atoms with Gasteiger partial charge in [0, 0.05) is 5.02 Å². The first kappa shape index (κ1) is 18.9. The SMILES string of the molecule is Cc1nc2ccc(C(=O)O)nc2n1Cc1ccc(CC2CCCCC2)cc1Cl. The Morgan fingerprint density at radius 1 is 1.18 bits per heavy atom. The van der Waals surface area contributed by atoms with Gasteiger partial charge in [0.1, 0.15) is 11.3 Å². The van der Waals surface area contributed by atoms with E-state index in [2.05, 4.69) is 28.2 Å². The minimum Gasteiger partial charge on any atom is -0.477 e. The lowest BCUT2D eigenvalue weighted by Crippen LogP contribution is -2.10. The van der Waals surface area contributed by atoms with E-state index in [1.807, 2.05) is 11.5 Å². The zero-order valence-corrected chi connectivity index (χ0v) is 16.7. The van der Waals surface area contributed by atoms with E-state index in [0.29, 0.717) is 17.7 Å². The highest BCUT2D eigenvalue weighted by atomic mass is 35.5. The number of carboxylic acid groups (broad SMARTS) is 1. The van der Waals surface area contributed by atoms with Gasteiger partial charge >= 0.3 is 5.97 Å². The minimum atomic E-state index is -1.04. The summed E-state index contributed by atoms with van der Waals surface area (Å²) in [4.78, 5) is 20.0. The number of fused-ring (bicyclic) bond motifs is 1. The van der Waals surface area contributed by atoms with E-state index < -0.39 is 5.97 Å². The molecule has 1 fully saturated rings. The Hall–Kier alpha value is -2.40. The van der Waals surface area contributed by atoms with Gasteiger partial charge in [-0.25, -0.2) is 14.8 Å². The molecule has 0 amide bonds. The number of carboxylic acids is 1. The number of rotatable bonds is 5. The second kappa shape index (κ2) is 7.92. The number of pyridine rings is 1. The van der Waals surface area contributed by atoms with Crippen LogP contribution in [0.25, 0.3) is 11.2 Å². The van der Waals surface area contributed by atoms with Gasteiger partial charge in [0.05, 0.1) is 6.54 Å². The molecule has 0 bridgehead atoms. The van der Waals surface area contributed by atoms with Gasteiger partial charge in [-0.3, -0.25) is 0 Å². The van der Waals surface area contributed by atoms with E-state index in [1.54, 1.807) is 6.07 Å². The average Bonchev–Trinajstić information content (AvgIpc) is 2.99. The van der Waals surface area contributed by atoms with Crippen molar-refractivity contribution in [2.75, 3.05) is 0 Å². The van der Waals surface area contributed by atoms with Crippen LogP contribution in [0.3, 0.4) is 0 Å². The Bertz CT molecular complexity index is 1020. The summed E-state index contributed by atoms with van der Waals surface area (Å²) in [5, 5.41) is 9.97. The summed E-state index contributed by atoms with van der Waals surface area (Å²) >= 11 is 6.60. The molecule has 0 radical (unpaired) electrons. The first-order chi connectivity index (χ1) is 13.5. The Balaban J connectivity index is 1.59. The standard InChI is InChI=1S/C22H24ClN3O2/c1-14-24-19-9-10-20(22(27)28)25-21(19)26(14)13-17-8-7-16(12-18(17)23)11-15-5-3-2-4-6-15/h7-10,12,15H,2-6,11,13H2,1H3,(H,27,28). The summed E-state index contributed by atoms with van der Waals surface area (Å²) in [5.41, 5.74) is 3.55. The number of aromatic nitrogens is 3. The van der Waals surface area contributed by atoms with Crippen molar-refractivity contribution in [1.29, 1.82) is 0 Å². The van der Waals surface area contributed by atoms with Gasteiger partial charge in [-0.1, -0.05) is 55.8 Å². The molecular formula is C22H24ClN3O2. The van der Waals surface area contributed by atoms with Crippen LogP contribution in [0.2, 0.25) is 5.02 Å². The number of hydrogen-bond donors (Lipinski definition) is 1. The van der Waals surface area contributed by atoms with Gasteiger partial charge in [0.15, 0.2) is 11.3 Å². The third-order valence-corrected chi connectivity index (χ3v) is 6.05. The molecule has 28 heavy (non-hydrogen) atoms. The fourth-order valence-corrected chi connectivity index (χ4v) is 4.43. The third-order valence-electron chi connectivity index (χ3n) is 5.70. The number of halogens is 1. The Kier molecular flexibility index (Phi) is 5.36. The summed E-state index contributed by atoms with van der Waals surface area (Å²) in [6, 6.07) is 9.50. The first-order valence-electron chi connectivity index (χ1n) is 9.86. The van der Waals surface area contributed by atoms with Gasteiger partial charge < -0.3 is 9.67 Å². The zero-order chi connectivity index (χ0) is 19.7. The third kappa shape index (κ3) is 3.90. The maximum atomic E-state index is 11.3. The van der Waals surface area contributed by atoms with Crippen molar-refractivity contribution in [3.63, 3.8) is 0 Å². The van der Waals surface area contributed by atoms with Gasteiger partial charge in [-0.05, 0) is 48.6 Å². The lowest BCUT2D eigenvalue weighted by Gasteiger charge is -2.21. The van der Waals surface area contributed by atoms with E-state index in [0.717, 1.165) is 28.7 Å². The molecular weight excluding hydrogens is 374 g/mol. The molecule has 3 aromatic rings. The molecule has 0 unspecified atom stereocenters. The molecule has 146 valence electrons. The summed E-state index contributed by atoms with van der Waals surface area (Å²) < 4.78 is 1.92. The van der Waals surface area contributed by atoms with Gasteiger partial charge in [0.2, 0.25) is 0 Å². The van der Waals surface area contributed by atoms with E-state index >= 15 is 0 Å². The highest BCUT2D eigenvalue weighted by Gasteiger charge is 2.16. The predicted molar refractivity (Wildman–Crippen MR) is 110 cm³/mol. The predicted octanol–water partition coefficient (Wildman–Crippen LogP) is 5.26. The number of benzene rings is 1. The lowest BCUT2D eigenvalue weighted by molar-refractivity contribution is 0.0691. The second-order valence-corrected chi connectivity index (χ2v) is 8.13. The molecule has 0 saturated heterocycles. The van der Waals surface area contributed by atoms with Gasteiger partial charge in [-0.2, -0.15) is 0 Å². The Morgan fingerprint density at radius 3 is 2.68 bits per heavy atom. The van der Waals surface area contributed by atoms with Crippen molar-refractivity contribution in [2.45, 2.75) is 52.0 Å². The van der Waals surface area contributed by atoms with Crippen LogP contribution in [0.5, 0.6) is 0 Å². The monoisotopic (exact) mass is 397 g/mol. The molecule has 6 heteroatoms. The first-order valence-corrected chi connectivity index (χ1v) is 10.2. The van der Waals surface area contributed by atoms with Crippen molar-refractivity contribution in [2.24, 2.45) is 5.92 Å². The second-order valence-electron chi connectivity index (χ2n) is 7.72. The van der Waals surface area contributed by atoms with Crippen molar-refractivity contribution in [3.8, 4) is 0 Å². The molecule has 1 aromatic carbocycles. The van der Waals surface area contributed by atoms with Crippen LogP contribution in [0.4, 0.5) is 0 Å². The van der Waals surface area contributed by atoms with Crippen LogP contribution in [0, 0.1) is 12.8 Å². The largest absolute Gasteiger partial charge is 0.477 e. The summed E-state index contributed by atoms with van der Waals surface area (Å²) in [5.74, 6) is 0.513. The number of nitrogens with zero attached hydrogens (tertiary/aromatic N) is 3. The zero-order valence-electron chi connectivity index (χ0n) is 16.0. The molecule has 1 aliphatic rings. The number of carbonyl (C=O) groups is 1. The molecule has 1 N–H and O–H groups in total. The maximum absolute atomic E-state index is 11.3. The van der Waals surface area contributed by atoms with E-state index in [1.165, 1.54) is 43.7 Å². The summed E-state index contributed by atoms with van der Waals surface area (Å²) in [6.45, 7) is 2.41. The maximum Gasteiger partial charge on any atom is 0.354 e. The van der Waals surface area contributed by atoms with Gasteiger partial charge in [0.25, 0.3) is 0 Å². The highest BCUT2D eigenvalue weighted by molar-refractivity contribution is 6.31. The fourth-order valence-electron chi connectivity index (χ4n) is 4.16. The average molecular weight is 398 g/mol. The molecule has 0 spiro atoms. The number of imidazole rings is 1. The van der Waals surface area contributed by atoms with Crippen molar-refractivity contribution < 1.29 is 9.90 Å². The molecule has 1 saturated carbocycles. The highest BCUT2D eigenvalue weighted by Crippen LogP contribution is 2.29. The molecule has 1 aliphatic carbocycles.